The molecule has 1 unspecified atom stereocenters. The molecule has 9 aliphatic rings. The molecule has 9 heterocycles. The number of ether oxygens (including phenoxy) is 17. The van der Waals surface area contributed by atoms with Crippen molar-refractivity contribution >= 4 is 23.6 Å². The van der Waals surface area contributed by atoms with Gasteiger partial charge in [-0.1, -0.05) is 0 Å². The van der Waals surface area contributed by atoms with E-state index in [2.05, 4.69) is 21.3 Å². The molecule has 0 aliphatic carbocycles. The van der Waals surface area contributed by atoms with Crippen molar-refractivity contribution in [2.24, 2.45) is 0 Å². The number of hydrogen-bond acceptors (Lipinski definition) is 46. The van der Waals surface area contributed by atoms with Gasteiger partial charge in [0.05, 0.1) is 59.5 Å². The van der Waals surface area contributed by atoms with Crippen LogP contribution in [-0.2, 0) is 99.7 Å². The summed E-state index contributed by atoms with van der Waals surface area (Å²) in [5.41, 5.74) is 0. The van der Waals surface area contributed by atoms with Crippen LogP contribution < -0.4 is 21.3 Å². The van der Waals surface area contributed by atoms with Crippen molar-refractivity contribution in [1.82, 2.24) is 21.3 Å². The maximum atomic E-state index is 13.2. The maximum Gasteiger partial charge on any atom is 0.217 e. The van der Waals surface area contributed by atoms with Gasteiger partial charge < -0.3 is 229 Å². The molecule has 45 atom stereocenters. The van der Waals surface area contributed by atoms with Crippen molar-refractivity contribution in [2.45, 2.75) is 304 Å². The Morgan fingerprint density at radius 1 is 0.232 bits per heavy atom. The third-order valence-electron chi connectivity index (χ3n) is 20.4. The summed E-state index contributed by atoms with van der Waals surface area (Å²) in [7, 11) is 0. The fourth-order valence-corrected chi connectivity index (χ4v) is 14.5. The van der Waals surface area contributed by atoms with Crippen molar-refractivity contribution in [3.05, 3.63) is 0 Å². The molecule has 29 N–H and O–H groups in total. The molecular formula is C62H104N4O46. The van der Waals surface area contributed by atoms with Crippen LogP contribution in [0.25, 0.3) is 0 Å². The molecule has 0 saturated carbocycles. The fourth-order valence-electron chi connectivity index (χ4n) is 14.5. The van der Waals surface area contributed by atoms with E-state index in [-0.39, 0.29) is 0 Å². The molecule has 50 nitrogen and oxygen atoms in total. The van der Waals surface area contributed by atoms with Crippen molar-refractivity contribution < 1.29 is 227 Å². The molecule has 0 aromatic carbocycles. The van der Waals surface area contributed by atoms with Gasteiger partial charge in [-0.15, -0.1) is 0 Å². The second-order valence-corrected chi connectivity index (χ2v) is 28.2. The number of rotatable bonds is 29. The number of hydrogen-bond donors (Lipinski definition) is 29. The standard InChI is InChI=1S/C62H104N4O46/c1-14(75)63-27-35(83)47(21(8-70)97-54(27)95)106-55-28(64-15(2)76)37(85)50(24(11-73)101-55)110-61-46(94)52(34(82)26(105-61)13-96-58-42(90)39(87)31(79)18(5-67)98-58)111-62-53(112-57-30(66-17(4)78)38(86)49(23(10-72)103-57)109-60-44(92)41(89)33(81)20(7-69)100-60)45(93)51(25(12-74)104-62)107-56-29(65-16(3)77)36(84)48(22(9-71)102-56)108-59-43(91)40(88)32(80)19(6-68)99-59/h18-62,67-74,79-95H,5-13H2,1-4H3,(H,63,75)(H,64,76)(H,65,77)(H,66,78)/t18-,19-,20-,21-,22-,23-,24-,25-,26-,27-,28-,29-,30-,31-,32+,33+,34-,35-,36-,37-,38-,39+,40+,41+,42+,43-,44-,45+,46+,47-,48-,49-,50-,51-,52+,53+,54?,55+,56+,57+,58+,59+,60+,61+,62-/m1/s1. The lowest BCUT2D eigenvalue weighted by atomic mass is 9.93. The lowest BCUT2D eigenvalue weighted by Gasteiger charge is -2.52. The average Bonchev–Trinajstić information content (AvgIpc) is 0.760. The Kier molecular flexibility index (Phi) is 33.1. The number of aliphatic hydroxyl groups is 25. The Labute approximate surface area is 634 Å². The highest BCUT2D eigenvalue weighted by atomic mass is 16.8. The van der Waals surface area contributed by atoms with Gasteiger partial charge in [0.2, 0.25) is 23.6 Å². The molecule has 0 radical (unpaired) electrons. The molecule has 9 saturated heterocycles. The van der Waals surface area contributed by atoms with E-state index in [0.717, 1.165) is 27.7 Å². The normalized spacial score (nSPS) is 48.9. The van der Waals surface area contributed by atoms with E-state index >= 15 is 0 Å². The van der Waals surface area contributed by atoms with Crippen LogP contribution >= 0.6 is 0 Å². The number of aliphatic hydroxyl groups excluding tert-OH is 25. The van der Waals surface area contributed by atoms with Crippen LogP contribution in [0.4, 0.5) is 0 Å². The summed E-state index contributed by atoms with van der Waals surface area (Å²) in [6, 6.07) is -7.58. The zero-order chi connectivity index (χ0) is 82.5. The number of nitrogens with one attached hydrogen (secondary N) is 4. The van der Waals surface area contributed by atoms with Crippen LogP contribution in [0.5, 0.6) is 0 Å². The molecule has 0 bridgehead atoms. The minimum atomic E-state index is -2.60. The van der Waals surface area contributed by atoms with Gasteiger partial charge in [-0.05, 0) is 0 Å². The van der Waals surface area contributed by atoms with Crippen molar-refractivity contribution in [3.8, 4) is 0 Å². The van der Waals surface area contributed by atoms with E-state index in [1.54, 1.807) is 0 Å². The molecule has 9 aliphatic heterocycles. The van der Waals surface area contributed by atoms with E-state index in [4.69, 9.17) is 80.5 Å². The summed E-state index contributed by atoms with van der Waals surface area (Å²) < 4.78 is 101. The topological polar surface area (TPSA) is 779 Å². The molecule has 9 fully saturated rings. The molecule has 0 aromatic rings. The fraction of sp³-hybridized carbons (Fsp3) is 0.935. The summed E-state index contributed by atoms with van der Waals surface area (Å²) in [4.78, 5) is 51.3. The van der Waals surface area contributed by atoms with Crippen LogP contribution in [0.3, 0.4) is 0 Å². The smallest absolute Gasteiger partial charge is 0.217 e. The number of amides is 4. The summed E-state index contributed by atoms with van der Waals surface area (Å²) in [6.45, 7) is -6.13. The Morgan fingerprint density at radius 2 is 0.482 bits per heavy atom. The molecule has 4 amide bonds. The van der Waals surface area contributed by atoms with E-state index in [1.165, 1.54) is 0 Å². The van der Waals surface area contributed by atoms with Gasteiger partial charge in [0.15, 0.2) is 56.6 Å². The molecule has 648 valence electrons. The SMILES string of the molecule is CC(=O)N[C@H]1[C@H](O[C@H]2[C@H](O)[C@@H](NC(C)=O)C(O)O[C@@H]2CO)O[C@H](CO)[C@@H](O[C@@H]2O[C@H](CO[C@H]3O[C@H](CO)[C@@H](O)[C@H](O)[C@@H]3O)[C@@H](O)[C@H](O[C@H]3O[C@H](CO)[C@@H](O[C@@H]4O[C@H](CO)[C@@H](O[C@@H]5O[C@H](CO)[C@H](O)[C@H](O)[C@H]5O)[C@H](O)[C@H]4NC(C)=O)[C@H](O)[C@@H]3O[C@@H]3O[C@H](CO)[C@@H](O[C@@H]4O[C@H](CO)[C@H](O)[C@H](O)[C@H]4O)[C@H](O)[C@H]3NC(C)=O)[C@@H]2O)[C@@H]1O. The van der Waals surface area contributed by atoms with Gasteiger partial charge in [0.25, 0.3) is 0 Å². The van der Waals surface area contributed by atoms with Gasteiger partial charge in [-0.25, -0.2) is 0 Å². The second-order valence-electron chi connectivity index (χ2n) is 28.2. The highest BCUT2D eigenvalue weighted by Gasteiger charge is 2.62. The maximum absolute atomic E-state index is 13.2. The van der Waals surface area contributed by atoms with Crippen LogP contribution in [0.15, 0.2) is 0 Å². The van der Waals surface area contributed by atoms with E-state index in [9.17, 15) is 147 Å². The third-order valence-corrected chi connectivity index (χ3v) is 20.4. The average molecular weight is 1640 g/mol. The van der Waals surface area contributed by atoms with Gasteiger partial charge in [-0.2, -0.15) is 0 Å². The third kappa shape index (κ3) is 20.2. The molecular weight excluding hydrogens is 1540 g/mol. The van der Waals surface area contributed by atoms with Crippen LogP contribution in [-0.4, -0.2) is 487 Å². The van der Waals surface area contributed by atoms with Crippen molar-refractivity contribution in [1.29, 1.82) is 0 Å². The van der Waals surface area contributed by atoms with E-state index < -0.39 is 359 Å². The Hall–Kier alpha value is -3.80. The Morgan fingerprint density at radius 3 is 0.830 bits per heavy atom. The van der Waals surface area contributed by atoms with Gasteiger partial charge in [0, 0.05) is 27.7 Å². The highest BCUT2D eigenvalue weighted by Crippen LogP contribution is 2.41. The highest BCUT2D eigenvalue weighted by molar-refractivity contribution is 5.74. The quantitative estimate of drug-likeness (QED) is 0.0331. The monoisotopic (exact) mass is 1640 g/mol. The summed E-state index contributed by atoms with van der Waals surface area (Å²) in [5, 5.41) is 287. The first-order chi connectivity index (χ1) is 53.0. The second kappa shape index (κ2) is 40.3. The molecule has 50 heteroatoms. The minimum Gasteiger partial charge on any atom is -0.394 e. The molecule has 112 heavy (non-hydrogen) atoms. The van der Waals surface area contributed by atoms with Gasteiger partial charge in [-0.3, -0.25) is 19.2 Å². The predicted molar refractivity (Wildman–Crippen MR) is 343 cm³/mol. The Balaban J connectivity index is 1.09. The number of carbonyl (C=O) groups is 4. The first-order valence-corrected chi connectivity index (χ1v) is 35.6. The molecule has 0 spiro atoms. The van der Waals surface area contributed by atoms with E-state index in [1.807, 2.05) is 0 Å². The van der Waals surface area contributed by atoms with Crippen LogP contribution in [0.1, 0.15) is 27.7 Å². The minimum absolute atomic E-state index is 0.784. The summed E-state index contributed by atoms with van der Waals surface area (Å²) in [5.74, 6) is -3.70. The summed E-state index contributed by atoms with van der Waals surface area (Å²) in [6.07, 6.45) is -85.9. The summed E-state index contributed by atoms with van der Waals surface area (Å²) >= 11 is 0. The van der Waals surface area contributed by atoms with Crippen molar-refractivity contribution in [3.63, 3.8) is 0 Å². The first kappa shape index (κ1) is 92.1. The van der Waals surface area contributed by atoms with Crippen molar-refractivity contribution in [2.75, 3.05) is 59.5 Å². The zero-order valence-electron chi connectivity index (χ0n) is 60.1. The molecule has 9 rings (SSSR count). The lowest BCUT2D eigenvalue weighted by Crippen LogP contribution is -2.71. The predicted octanol–water partition coefficient (Wildman–Crippen LogP) is -20.1. The van der Waals surface area contributed by atoms with E-state index in [0.29, 0.717) is 0 Å². The zero-order valence-corrected chi connectivity index (χ0v) is 60.1. The van der Waals surface area contributed by atoms with Gasteiger partial charge in [0.1, 0.15) is 219 Å². The number of carbonyl (C=O) groups excluding carboxylic acids is 4. The van der Waals surface area contributed by atoms with Crippen LogP contribution in [0.2, 0.25) is 0 Å². The van der Waals surface area contributed by atoms with Crippen LogP contribution in [0, 0.1) is 0 Å². The Bertz CT molecular complexity index is 2970. The first-order valence-electron chi connectivity index (χ1n) is 35.6. The largest absolute Gasteiger partial charge is 0.394 e. The van der Waals surface area contributed by atoms with Gasteiger partial charge >= 0.3 is 0 Å². The lowest BCUT2D eigenvalue weighted by molar-refractivity contribution is -0.406. The molecule has 0 aromatic heterocycles.